The summed E-state index contributed by atoms with van der Waals surface area (Å²) >= 11 is 0. The van der Waals surface area contributed by atoms with Crippen molar-refractivity contribution < 1.29 is 4.74 Å². The highest BCUT2D eigenvalue weighted by atomic mass is 16.5. The highest BCUT2D eigenvalue weighted by Gasteiger charge is 2.13. The molecule has 1 nitrogen and oxygen atoms in total. The van der Waals surface area contributed by atoms with Crippen molar-refractivity contribution in [3.8, 4) is 0 Å². The van der Waals surface area contributed by atoms with Gasteiger partial charge in [0.15, 0.2) is 0 Å². The minimum absolute atomic E-state index is 0.209. The van der Waals surface area contributed by atoms with Gasteiger partial charge in [-0.15, -0.1) is 0 Å². The quantitative estimate of drug-likeness (QED) is 0.688. The van der Waals surface area contributed by atoms with Gasteiger partial charge in [0.25, 0.3) is 0 Å². The fourth-order valence-electron chi connectivity index (χ4n) is 1.71. The maximum Gasteiger partial charge on any atom is 0.126 e. The van der Waals surface area contributed by atoms with E-state index in [1.54, 1.807) is 0 Å². The van der Waals surface area contributed by atoms with Crippen LogP contribution in [0.4, 0.5) is 0 Å². The molecule has 1 aromatic rings. The molecule has 1 aliphatic heterocycles. The first-order chi connectivity index (χ1) is 7.57. The van der Waals surface area contributed by atoms with Gasteiger partial charge in [-0.2, -0.15) is 0 Å². The first-order valence-electron chi connectivity index (χ1n) is 5.68. The zero-order valence-electron chi connectivity index (χ0n) is 10.2. The van der Waals surface area contributed by atoms with E-state index in [1.807, 2.05) is 18.2 Å². The van der Waals surface area contributed by atoms with Crippen LogP contribution in [0.3, 0.4) is 0 Å². The van der Waals surface area contributed by atoms with Gasteiger partial charge in [0.05, 0.1) is 0 Å². The van der Waals surface area contributed by atoms with Crippen LogP contribution >= 0.6 is 0 Å². The summed E-state index contributed by atoms with van der Waals surface area (Å²) in [4.78, 5) is 0. The Balaban J connectivity index is 2.26. The summed E-state index contributed by atoms with van der Waals surface area (Å²) in [6.07, 6.45) is 6.05. The molecule has 0 bridgehead atoms. The second-order valence-electron chi connectivity index (χ2n) is 5.10. The van der Waals surface area contributed by atoms with Gasteiger partial charge in [-0.1, -0.05) is 51.1 Å². The molecule has 0 spiro atoms. The van der Waals surface area contributed by atoms with Crippen LogP contribution in [-0.4, -0.2) is 6.61 Å². The van der Waals surface area contributed by atoms with E-state index in [2.05, 4.69) is 45.0 Å². The van der Waals surface area contributed by atoms with E-state index in [0.29, 0.717) is 6.61 Å². The molecule has 0 atom stereocenters. The van der Waals surface area contributed by atoms with Crippen molar-refractivity contribution in [2.75, 3.05) is 6.61 Å². The Bertz CT molecular complexity index is 416. The summed E-state index contributed by atoms with van der Waals surface area (Å²) in [5.74, 6) is 0.961. The van der Waals surface area contributed by atoms with E-state index in [4.69, 9.17) is 4.74 Å². The standard InChI is InChI=1S/C15H18O/c1-15(2,3)13-9-7-12(8-10-13)14-6-4-5-11-16-14/h4-10H,11H2,1-3H3. The lowest BCUT2D eigenvalue weighted by atomic mass is 9.86. The third kappa shape index (κ3) is 2.35. The molecule has 1 aliphatic rings. The molecule has 0 unspecified atom stereocenters. The highest BCUT2D eigenvalue weighted by Crippen LogP contribution is 2.25. The lowest BCUT2D eigenvalue weighted by molar-refractivity contribution is 0.316. The van der Waals surface area contributed by atoms with Crippen molar-refractivity contribution in [2.24, 2.45) is 0 Å². The second-order valence-corrected chi connectivity index (χ2v) is 5.10. The summed E-state index contributed by atoms with van der Waals surface area (Å²) in [5.41, 5.74) is 2.71. The second kappa shape index (κ2) is 4.17. The molecule has 84 valence electrons. The van der Waals surface area contributed by atoms with E-state index < -0.39 is 0 Å². The van der Waals surface area contributed by atoms with Crippen LogP contribution < -0.4 is 0 Å². The molecule has 0 fully saturated rings. The summed E-state index contributed by atoms with van der Waals surface area (Å²) in [5, 5.41) is 0. The number of benzene rings is 1. The van der Waals surface area contributed by atoms with Gasteiger partial charge in [0.1, 0.15) is 12.4 Å². The Kier molecular flexibility index (Phi) is 2.86. The van der Waals surface area contributed by atoms with E-state index in [-0.39, 0.29) is 5.41 Å². The lowest BCUT2D eigenvalue weighted by Gasteiger charge is -2.19. The van der Waals surface area contributed by atoms with Gasteiger partial charge < -0.3 is 4.74 Å². The number of hydrogen-bond donors (Lipinski definition) is 0. The molecule has 16 heavy (non-hydrogen) atoms. The Morgan fingerprint density at radius 3 is 2.25 bits per heavy atom. The summed E-state index contributed by atoms with van der Waals surface area (Å²) < 4.78 is 5.56. The molecule has 1 heterocycles. The Morgan fingerprint density at radius 1 is 1.06 bits per heavy atom. The SMILES string of the molecule is CC(C)(C)c1ccc(C2=CC=CCO2)cc1. The molecule has 0 aliphatic carbocycles. The van der Waals surface area contributed by atoms with Gasteiger partial charge in [-0.25, -0.2) is 0 Å². The maximum absolute atomic E-state index is 5.56. The van der Waals surface area contributed by atoms with Crippen LogP contribution in [0.25, 0.3) is 5.76 Å². The van der Waals surface area contributed by atoms with E-state index in [0.717, 1.165) is 11.3 Å². The van der Waals surface area contributed by atoms with Gasteiger partial charge in [-0.3, -0.25) is 0 Å². The molecule has 0 aromatic heterocycles. The first kappa shape index (κ1) is 11.0. The molecule has 1 aromatic carbocycles. The monoisotopic (exact) mass is 214 g/mol. The Labute approximate surface area is 97.4 Å². The van der Waals surface area contributed by atoms with Crippen molar-refractivity contribution in [3.05, 3.63) is 53.6 Å². The zero-order chi connectivity index (χ0) is 11.6. The van der Waals surface area contributed by atoms with Crippen molar-refractivity contribution >= 4 is 5.76 Å². The normalized spacial score (nSPS) is 15.6. The number of allylic oxidation sites excluding steroid dienone is 2. The van der Waals surface area contributed by atoms with Crippen molar-refractivity contribution in [3.63, 3.8) is 0 Å². The van der Waals surface area contributed by atoms with Gasteiger partial charge in [-0.05, 0) is 23.1 Å². The van der Waals surface area contributed by atoms with Crippen LogP contribution in [0.15, 0.2) is 42.5 Å². The molecule has 0 saturated heterocycles. The Hall–Kier alpha value is -1.50. The zero-order valence-corrected chi connectivity index (χ0v) is 10.2. The van der Waals surface area contributed by atoms with Crippen LogP contribution in [0.5, 0.6) is 0 Å². The van der Waals surface area contributed by atoms with Gasteiger partial charge in [0, 0.05) is 5.56 Å². The van der Waals surface area contributed by atoms with Gasteiger partial charge >= 0.3 is 0 Å². The predicted molar refractivity (Wildman–Crippen MR) is 68.2 cm³/mol. The summed E-state index contributed by atoms with van der Waals surface area (Å²) in [6, 6.07) is 8.62. The van der Waals surface area contributed by atoms with Crippen molar-refractivity contribution in [1.29, 1.82) is 0 Å². The highest BCUT2D eigenvalue weighted by molar-refractivity contribution is 5.62. The average molecular weight is 214 g/mol. The maximum atomic E-state index is 5.56. The van der Waals surface area contributed by atoms with Crippen LogP contribution in [0.1, 0.15) is 31.9 Å². The van der Waals surface area contributed by atoms with E-state index in [1.165, 1.54) is 5.56 Å². The number of hydrogen-bond acceptors (Lipinski definition) is 1. The topological polar surface area (TPSA) is 9.23 Å². The molecule has 0 saturated carbocycles. The number of ether oxygens (including phenoxy) is 1. The Morgan fingerprint density at radius 2 is 1.75 bits per heavy atom. The fraction of sp³-hybridized carbons (Fsp3) is 0.333. The van der Waals surface area contributed by atoms with E-state index >= 15 is 0 Å². The molecular formula is C15H18O. The minimum Gasteiger partial charge on any atom is -0.489 e. The summed E-state index contributed by atoms with van der Waals surface area (Å²) in [6.45, 7) is 7.34. The van der Waals surface area contributed by atoms with Crippen molar-refractivity contribution in [2.45, 2.75) is 26.2 Å². The van der Waals surface area contributed by atoms with Crippen molar-refractivity contribution in [1.82, 2.24) is 0 Å². The average Bonchev–Trinajstić information content (AvgIpc) is 2.29. The first-order valence-corrected chi connectivity index (χ1v) is 5.68. The van der Waals surface area contributed by atoms with Gasteiger partial charge in [0.2, 0.25) is 0 Å². The molecule has 2 rings (SSSR count). The van der Waals surface area contributed by atoms with Crippen LogP contribution in [0.2, 0.25) is 0 Å². The van der Waals surface area contributed by atoms with E-state index in [9.17, 15) is 0 Å². The molecule has 0 radical (unpaired) electrons. The third-order valence-electron chi connectivity index (χ3n) is 2.75. The fourth-order valence-corrected chi connectivity index (χ4v) is 1.71. The molecule has 0 amide bonds. The number of rotatable bonds is 1. The minimum atomic E-state index is 0.209. The molecular weight excluding hydrogens is 196 g/mol. The van der Waals surface area contributed by atoms with Crippen LogP contribution in [-0.2, 0) is 10.2 Å². The molecule has 1 heteroatoms. The third-order valence-corrected chi connectivity index (χ3v) is 2.75. The predicted octanol–water partition coefficient (Wildman–Crippen LogP) is 3.91. The smallest absolute Gasteiger partial charge is 0.126 e. The lowest BCUT2D eigenvalue weighted by Crippen LogP contribution is -2.10. The van der Waals surface area contributed by atoms with Crippen LogP contribution in [0, 0.1) is 0 Å². The largest absolute Gasteiger partial charge is 0.489 e. The molecule has 0 N–H and O–H groups in total. The summed E-state index contributed by atoms with van der Waals surface area (Å²) in [7, 11) is 0.